The highest BCUT2D eigenvalue weighted by Crippen LogP contribution is 1.95. The Hall–Kier alpha value is -0.0800. The first-order chi connectivity index (χ1) is 4.29. The average molecular weight is 128 g/mol. The first kappa shape index (κ1) is 7.03. The Kier molecular flexibility index (Phi) is 2.49. The number of hydrogen-bond donors (Lipinski definition) is 1. The zero-order valence-corrected chi connectivity index (χ0v) is 6.35. The Morgan fingerprint density at radius 2 is 2.33 bits per heavy atom. The minimum atomic E-state index is 0.678. The third kappa shape index (κ3) is 2.33. The predicted molar refractivity (Wildman–Crippen MR) is 39.6 cm³/mol. The van der Waals surface area contributed by atoms with Gasteiger partial charge in [-0.05, 0) is 33.5 Å². The highest BCUT2D eigenvalue weighted by Gasteiger charge is 2.08. The van der Waals surface area contributed by atoms with Crippen molar-refractivity contribution in [3.05, 3.63) is 0 Å². The van der Waals surface area contributed by atoms with E-state index < -0.39 is 0 Å². The topological polar surface area (TPSA) is 15.3 Å². The van der Waals surface area contributed by atoms with Crippen molar-refractivity contribution in [1.29, 1.82) is 0 Å². The number of likely N-dealkylation sites (N-methyl/N-ethyl adjacent to an activating group) is 1. The van der Waals surface area contributed by atoms with Crippen molar-refractivity contribution in [2.24, 2.45) is 0 Å². The third-order valence-electron chi connectivity index (χ3n) is 1.79. The Balaban J connectivity index is 2.29. The van der Waals surface area contributed by atoms with Crippen molar-refractivity contribution in [2.45, 2.75) is 19.4 Å². The van der Waals surface area contributed by atoms with E-state index in [0.29, 0.717) is 6.04 Å². The summed E-state index contributed by atoms with van der Waals surface area (Å²) in [5.74, 6) is 0. The molecule has 0 saturated carbocycles. The highest BCUT2D eigenvalue weighted by atomic mass is 15.1. The van der Waals surface area contributed by atoms with E-state index in [2.05, 4.69) is 24.2 Å². The second kappa shape index (κ2) is 3.18. The normalized spacial score (nSPS) is 32.0. The number of hydrogen-bond acceptors (Lipinski definition) is 2. The van der Waals surface area contributed by atoms with Gasteiger partial charge in [-0.3, -0.25) is 0 Å². The number of rotatable bonds is 0. The summed E-state index contributed by atoms with van der Waals surface area (Å²) in [4.78, 5) is 2.38. The van der Waals surface area contributed by atoms with Gasteiger partial charge < -0.3 is 10.2 Å². The van der Waals surface area contributed by atoms with Crippen LogP contribution < -0.4 is 5.32 Å². The predicted octanol–water partition coefficient (Wildman–Crippen LogP) is 0.300. The molecule has 2 heteroatoms. The molecule has 0 aliphatic carbocycles. The van der Waals surface area contributed by atoms with Crippen LogP contribution in [-0.2, 0) is 0 Å². The Labute approximate surface area is 57.2 Å². The van der Waals surface area contributed by atoms with E-state index in [4.69, 9.17) is 0 Å². The molecule has 1 rings (SSSR count). The molecule has 1 fully saturated rings. The van der Waals surface area contributed by atoms with Gasteiger partial charge in [-0.1, -0.05) is 0 Å². The van der Waals surface area contributed by atoms with E-state index >= 15 is 0 Å². The molecule has 1 unspecified atom stereocenters. The quantitative estimate of drug-likeness (QED) is 0.505. The van der Waals surface area contributed by atoms with Crippen LogP contribution in [0.15, 0.2) is 0 Å². The first-order valence-electron chi connectivity index (χ1n) is 3.71. The van der Waals surface area contributed by atoms with Crippen LogP contribution in [0.3, 0.4) is 0 Å². The fourth-order valence-electron chi connectivity index (χ4n) is 1.32. The Morgan fingerprint density at radius 1 is 1.56 bits per heavy atom. The lowest BCUT2D eigenvalue weighted by Crippen LogP contribution is -2.33. The molecule has 0 amide bonds. The van der Waals surface area contributed by atoms with E-state index in [1.54, 1.807) is 0 Å². The summed E-state index contributed by atoms with van der Waals surface area (Å²) < 4.78 is 0. The van der Waals surface area contributed by atoms with Crippen molar-refractivity contribution >= 4 is 0 Å². The SMILES string of the molecule is CC1CN(C)CCCN1. The Morgan fingerprint density at radius 3 is 3.11 bits per heavy atom. The van der Waals surface area contributed by atoms with E-state index in [1.165, 1.54) is 26.1 Å². The zero-order valence-electron chi connectivity index (χ0n) is 6.35. The van der Waals surface area contributed by atoms with Gasteiger partial charge in [-0.2, -0.15) is 0 Å². The molecule has 1 heterocycles. The molecule has 54 valence electrons. The average Bonchev–Trinajstić information content (AvgIpc) is 1.93. The summed E-state index contributed by atoms with van der Waals surface area (Å²) in [5, 5.41) is 3.43. The summed E-state index contributed by atoms with van der Waals surface area (Å²) >= 11 is 0. The molecule has 0 spiro atoms. The molecule has 0 aromatic carbocycles. The zero-order chi connectivity index (χ0) is 6.69. The lowest BCUT2D eigenvalue weighted by molar-refractivity contribution is 0.332. The van der Waals surface area contributed by atoms with Crippen LogP contribution in [0.2, 0.25) is 0 Å². The number of nitrogens with zero attached hydrogens (tertiary/aromatic N) is 1. The van der Waals surface area contributed by atoms with E-state index in [1.807, 2.05) is 0 Å². The lowest BCUT2D eigenvalue weighted by atomic mass is 10.3. The second-order valence-corrected chi connectivity index (χ2v) is 2.97. The maximum atomic E-state index is 3.43. The smallest absolute Gasteiger partial charge is 0.0166 e. The maximum Gasteiger partial charge on any atom is 0.0166 e. The summed E-state index contributed by atoms with van der Waals surface area (Å²) in [6.45, 7) is 5.87. The summed E-state index contributed by atoms with van der Waals surface area (Å²) in [7, 11) is 2.18. The van der Waals surface area contributed by atoms with Gasteiger partial charge in [0.05, 0.1) is 0 Å². The fraction of sp³-hybridized carbons (Fsp3) is 1.00. The van der Waals surface area contributed by atoms with Gasteiger partial charge in [0.25, 0.3) is 0 Å². The van der Waals surface area contributed by atoms with Crippen LogP contribution in [0.25, 0.3) is 0 Å². The molecule has 9 heavy (non-hydrogen) atoms. The van der Waals surface area contributed by atoms with Gasteiger partial charge in [-0.25, -0.2) is 0 Å². The van der Waals surface area contributed by atoms with Crippen molar-refractivity contribution in [1.82, 2.24) is 10.2 Å². The fourth-order valence-corrected chi connectivity index (χ4v) is 1.32. The third-order valence-corrected chi connectivity index (χ3v) is 1.79. The molecule has 1 aliphatic rings. The van der Waals surface area contributed by atoms with Crippen LogP contribution in [0.5, 0.6) is 0 Å². The summed E-state index contributed by atoms with van der Waals surface area (Å²) in [6, 6.07) is 0.678. The molecule has 1 atom stereocenters. The van der Waals surface area contributed by atoms with Gasteiger partial charge in [0, 0.05) is 12.6 Å². The van der Waals surface area contributed by atoms with Gasteiger partial charge in [0.1, 0.15) is 0 Å². The maximum absolute atomic E-state index is 3.43. The van der Waals surface area contributed by atoms with Crippen molar-refractivity contribution in [2.75, 3.05) is 26.7 Å². The van der Waals surface area contributed by atoms with Gasteiger partial charge in [0.15, 0.2) is 0 Å². The lowest BCUT2D eigenvalue weighted by Gasteiger charge is -2.15. The first-order valence-corrected chi connectivity index (χ1v) is 3.71. The van der Waals surface area contributed by atoms with Crippen molar-refractivity contribution < 1.29 is 0 Å². The van der Waals surface area contributed by atoms with Gasteiger partial charge in [0.2, 0.25) is 0 Å². The molecule has 1 saturated heterocycles. The largest absolute Gasteiger partial charge is 0.313 e. The van der Waals surface area contributed by atoms with Gasteiger partial charge in [-0.15, -0.1) is 0 Å². The van der Waals surface area contributed by atoms with E-state index in [-0.39, 0.29) is 0 Å². The number of nitrogens with one attached hydrogen (secondary N) is 1. The summed E-state index contributed by atoms with van der Waals surface area (Å²) in [6.07, 6.45) is 1.29. The second-order valence-electron chi connectivity index (χ2n) is 2.97. The Bertz CT molecular complexity index is 73.0. The molecule has 0 bridgehead atoms. The van der Waals surface area contributed by atoms with Gasteiger partial charge >= 0.3 is 0 Å². The molecule has 2 nitrogen and oxygen atoms in total. The molecule has 1 aliphatic heterocycles. The highest BCUT2D eigenvalue weighted by molar-refractivity contribution is 4.69. The molecular formula is C7H16N2. The molecule has 1 N–H and O–H groups in total. The van der Waals surface area contributed by atoms with Crippen LogP contribution in [0, 0.1) is 0 Å². The standard InChI is InChI=1S/C7H16N2/c1-7-6-9(2)5-3-4-8-7/h7-8H,3-6H2,1-2H3. The monoisotopic (exact) mass is 128 g/mol. The van der Waals surface area contributed by atoms with Crippen LogP contribution in [-0.4, -0.2) is 37.6 Å². The van der Waals surface area contributed by atoms with E-state index in [9.17, 15) is 0 Å². The molecule has 0 radical (unpaired) electrons. The minimum Gasteiger partial charge on any atom is -0.313 e. The molecule has 0 aromatic rings. The molecular weight excluding hydrogens is 112 g/mol. The van der Waals surface area contributed by atoms with Crippen molar-refractivity contribution in [3.63, 3.8) is 0 Å². The van der Waals surface area contributed by atoms with E-state index in [0.717, 1.165) is 0 Å². The minimum absolute atomic E-state index is 0.678. The van der Waals surface area contributed by atoms with Crippen molar-refractivity contribution in [3.8, 4) is 0 Å². The van der Waals surface area contributed by atoms with Crippen LogP contribution in [0.4, 0.5) is 0 Å². The van der Waals surface area contributed by atoms with Crippen LogP contribution >= 0.6 is 0 Å². The molecule has 0 aromatic heterocycles. The van der Waals surface area contributed by atoms with Crippen LogP contribution in [0.1, 0.15) is 13.3 Å². The summed E-state index contributed by atoms with van der Waals surface area (Å²) in [5.41, 5.74) is 0.